The first kappa shape index (κ1) is 33.7. The second-order valence-electron chi connectivity index (χ2n) is 10.4. The van der Waals surface area contributed by atoms with Gasteiger partial charge < -0.3 is 16.0 Å². The number of rotatable bonds is 10. The smallest absolute Gasteiger partial charge is 0.325 e. The zero-order chi connectivity index (χ0) is 34.1. The number of carbonyl (C=O) groups is 3. The van der Waals surface area contributed by atoms with Gasteiger partial charge in [-0.3, -0.25) is 14.4 Å². The number of alkyl halides is 3. The molecule has 5 rings (SSSR count). The second kappa shape index (κ2) is 15.3. The molecule has 11 heteroatoms. The summed E-state index contributed by atoms with van der Waals surface area (Å²) in [6, 6.07) is 33.7. The van der Waals surface area contributed by atoms with Crippen molar-refractivity contribution in [3.8, 4) is 0 Å². The lowest BCUT2D eigenvalue weighted by molar-refractivity contribution is -0.137. The van der Waals surface area contributed by atoms with Crippen molar-refractivity contribution in [3.05, 3.63) is 167 Å². The third-order valence-electron chi connectivity index (χ3n) is 6.90. The fourth-order valence-electron chi connectivity index (χ4n) is 4.52. The average molecular weight is 670 g/mol. The monoisotopic (exact) mass is 669 g/mol. The second-order valence-corrected chi connectivity index (χ2v) is 11.5. The van der Waals surface area contributed by atoms with E-state index in [2.05, 4.69) is 16.0 Å². The molecule has 0 bridgehead atoms. The van der Waals surface area contributed by atoms with Gasteiger partial charge in [-0.2, -0.15) is 13.2 Å². The number of amides is 3. The van der Waals surface area contributed by atoms with Gasteiger partial charge in [0.15, 0.2) is 0 Å². The summed E-state index contributed by atoms with van der Waals surface area (Å²) in [5.41, 5.74) is 0.308. The van der Waals surface area contributed by atoms with Crippen molar-refractivity contribution >= 4 is 46.9 Å². The number of nitrogens with one attached hydrogen (secondary N) is 3. The molecule has 0 fully saturated rings. The van der Waals surface area contributed by atoms with E-state index in [9.17, 15) is 31.9 Å². The Balaban J connectivity index is 1.33. The molecule has 0 aromatic heterocycles. The van der Waals surface area contributed by atoms with Crippen LogP contribution in [-0.2, 0) is 15.8 Å². The molecular weight excluding hydrogens is 642 g/mol. The Morgan fingerprint density at radius 3 is 2.00 bits per heavy atom. The van der Waals surface area contributed by atoms with Crippen molar-refractivity contribution in [3.63, 3.8) is 0 Å². The molecule has 0 aliphatic rings. The molecule has 1 unspecified atom stereocenters. The summed E-state index contributed by atoms with van der Waals surface area (Å²) in [7, 11) is 0. The van der Waals surface area contributed by atoms with E-state index in [0.717, 1.165) is 12.1 Å². The Morgan fingerprint density at radius 1 is 0.688 bits per heavy atom. The van der Waals surface area contributed by atoms with Gasteiger partial charge >= 0.3 is 6.18 Å². The topological polar surface area (TPSA) is 87.3 Å². The summed E-state index contributed by atoms with van der Waals surface area (Å²) in [6.45, 7) is 0. The third kappa shape index (κ3) is 8.98. The van der Waals surface area contributed by atoms with E-state index in [4.69, 9.17) is 0 Å². The first-order chi connectivity index (χ1) is 23.1. The third-order valence-corrected chi connectivity index (χ3v) is 8.16. The fourth-order valence-corrected chi connectivity index (χ4v) is 5.55. The highest BCUT2D eigenvalue weighted by Gasteiger charge is 2.31. The highest BCUT2D eigenvalue weighted by molar-refractivity contribution is 8.00. The Hall–Kier alpha value is -5.68. The van der Waals surface area contributed by atoms with E-state index in [1.165, 1.54) is 48.2 Å². The van der Waals surface area contributed by atoms with Crippen LogP contribution < -0.4 is 16.0 Å². The Labute approximate surface area is 277 Å². The molecular formula is C37H27F4N3O3S. The van der Waals surface area contributed by atoms with E-state index in [0.29, 0.717) is 21.7 Å². The summed E-state index contributed by atoms with van der Waals surface area (Å²) in [5, 5.41) is 7.02. The van der Waals surface area contributed by atoms with Crippen LogP contribution in [-0.4, -0.2) is 17.7 Å². The van der Waals surface area contributed by atoms with Crippen LogP contribution in [0.25, 0.3) is 6.08 Å². The van der Waals surface area contributed by atoms with Crippen molar-refractivity contribution in [1.82, 2.24) is 5.32 Å². The molecule has 5 aromatic rings. The van der Waals surface area contributed by atoms with Crippen LogP contribution in [0.1, 0.15) is 32.3 Å². The maximum Gasteiger partial charge on any atom is 0.416 e. The first-order valence-electron chi connectivity index (χ1n) is 14.5. The van der Waals surface area contributed by atoms with Gasteiger partial charge in [0.1, 0.15) is 16.8 Å². The first-order valence-corrected chi connectivity index (χ1v) is 15.4. The molecule has 1 atom stereocenters. The molecule has 3 amide bonds. The number of carbonyl (C=O) groups excluding carboxylic acids is 3. The van der Waals surface area contributed by atoms with Crippen LogP contribution in [0.2, 0.25) is 0 Å². The predicted octanol–water partition coefficient (Wildman–Crippen LogP) is 8.73. The van der Waals surface area contributed by atoms with Crippen molar-refractivity contribution < 1.29 is 31.9 Å². The summed E-state index contributed by atoms with van der Waals surface area (Å²) in [4.78, 5) is 40.2. The van der Waals surface area contributed by atoms with Crippen LogP contribution in [0, 0.1) is 5.82 Å². The van der Waals surface area contributed by atoms with Crippen molar-refractivity contribution in [2.45, 2.75) is 16.3 Å². The van der Waals surface area contributed by atoms with E-state index >= 15 is 0 Å². The number of anilines is 2. The summed E-state index contributed by atoms with van der Waals surface area (Å²) in [6.07, 6.45) is -3.32. The van der Waals surface area contributed by atoms with Gasteiger partial charge in [0.2, 0.25) is 5.91 Å². The molecule has 5 aromatic carbocycles. The molecule has 0 aliphatic heterocycles. The van der Waals surface area contributed by atoms with Crippen LogP contribution in [0.3, 0.4) is 0 Å². The largest absolute Gasteiger partial charge is 0.416 e. The minimum atomic E-state index is -4.56. The number of hydrogen-bond donors (Lipinski definition) is 3. The van der Waals surface area contributed by atoms with Crippen LogP contribution in [0.15, 0.2) is 144 Å². The maximum atomic E-state index is 14.5. The molecule has 0 saturated carbocycles. The highest BCUT2D eigenvalue weighted by Crippen LogP contribution is 2.37. The Bertz CT molecular complexity index is 1930. The van der Waals surface area contributed by atoms with Gasteiger partial charge in [-0.05, 0) is 72.3 Å². The molecule has 0 saturated heterocycles. The standard InChI is InChI=1S/C37H27F4N3O3S/c38-31-17-8-7-14-26(31)22-32(44-34(45)25-12-5-2-6-13-25)35(46)42-28-18-20-30(21-19-28)48-33(24-10-3-1-4-11-24)36(47)43-29-16-9-15-27(23-29)37(39,40)41/h1-23,33H,(H,42,46)(H,43,47)(H,44,45)/b32-22-. The molecule has 3 N–H and O–H groups in total. The average Bonchev–Trinajstić information content (AvgIpc) is 3.09. The molecule has 0 spiro atoms. The number of thioether (sulfide) groups is 1. The van der Waals surface area contributed by atoms with E-state index in [1.54, 1.807) is 91.0 Å². The summed E-state index contributed by atoms with van der Waals surface area (Å²) < 4.78 is 54.1. The summed E-state index contributed by atoms with van der Waals surface area (Å²) >= 11 is 1.17. The summed E-state index contributed by atoms with van der Waals surface area (Å²) in [5.74, 6) is -2.37. The molecule has 0 radical (unpaired) electrons. The Morgan fingerprint density at radius 2 is 1.33 bits per heavy atom. The maximum absolute atomic E-state index is 14.5. The molecule has 242 valence electrons. The van der Waals surface area contributed by atoms with Crippen LogP contribution in [0.5, 0.6) is 0 Å². The Kier molecular flexibility index (Phi) is 10.7. The fraction of sp³-hybridized carbons (Fsp3) is 0.0541. The minimum Gasteiger partial charge on any atom is -0.325 e. The van der Waals surface area contributed by atoms with E-state index < -0.39 is 40.5 Å². The number of hydrogen-bond acceptors (Lipinski definition) is 4. The highest BCUT2D eigenvalue weighted by atomic mass is 32.2. The van der Waals surface area contributed by atoms with Crippen LogP contribution in [0.4, 0.5) is 28.9 Å². The van der Waals surface area contributed by atoms with Gasteiger partial charge in [-0.25, -0.2) is 4.39 Å². The number of benzene rings is 5. The van der Waals surface area contributed by atoms with Gasteiger partial charge in [-0.1, -0.05) is 72.8 Å². The van der Waals surface area contributed by atoms with Gasteiger partial charge in [0.05, 0.1) is 5.56 Å². The lowest BCUT2D eigenvalue weighted by atomic mass is 10.1. The van der Waals surface area contributed by atoms with Crippen molar-refractivity contribution in [2.24, 2.45) is 0 Å². The van der Waals surface area contributed by atoms with Gasteiger partial charge in [-0.15, -0.1) is 11.8 Å². The van der Waals surface area contributed by atoms with Crippen LogP contribution >= 0.6 is 11.8 Å². The van der Waals surface area contributed by atoms with E-state index in [-0.39, 0.29) is 16.9 Å². The predicted molar refractivity (Wildman–Crippen MR) is 178 cm³/mol. The molecule has 0 heterocycles. The minimum absolute atomic E-state index is 0.00742. The van der Waals surface area contributed by atoms with Crippen molar-refractivity contribution in [2.75, 3.05) is 10.6 Å². The zero-order valence-corrected chi connectivity index (χ0v) is 25.8. The lowest BCUT2D eigenvalue weighted by Crippen LogP contribution is -2.30. The number of halogens is 4. The molecule has 6 nitrogen and oxygen atoms in total. The lowest BCUT2D eigenvalue weighted by Gasteiger charge is -2.18. The zero-order valence-electron chi connectivity index (χ0n) is 25.0. The van der Waals surface area contributed by atoms with E-state index in [1.807, 2.05) is 0 Å². The normalized spacial score (nSPS) is 12.1. The quantitative estimate of drug-likeness (QED) is 0.0789. The van der Waals surface area contributed by atoms with Gasteiger partial charge in [0.25, 0.3) is 11.8 Å². The SMILES string of the molecule is O=C(Nc1ccc(SC(C(=O)Nc2cccc(C(F)(F)F)c2)c2ccccc2)cc1)/C(=C/c1ccccc1F)NC(=O)c1ccccc1. The molecule has 0 aliphatic carbocycles. The van der Waals surface area contributed by atoms with Crippen molar-refractivity contribution in [1.29, 1.82) is 0 Å². The van der Waals surface area contributed by atoms with Gasteiger partial charge in [0, 0.05) is 27.4 Å². The molecule has 48 heavy (non-hydrogen) atoms.